The lowest BCUT2D eigenvalue weighted by atomic mass is 9.79. The van der Waals surface area contributed by atoms with E-state index in [1.165, 1.54) is 25.3 Å². The van der Waals surface area contributed by atoms with Gasteiger partial charge >= 0.3 is 7.12 Å². The molecular formula is C7H8BNO4. The highest BCUT2D eigenvalue weighted by Crippen LogP contribution is 2.15. The average Bonchev–Trinajstić information content (AvgIpc) is 2.16. The van der Waals surface area contributed by atoms with Crippen molar-refractivity contribution in [2.24, 2.45) is 5.18 Å². The van der Waals surface area contributed by atoms with Gasteiger partial charge in [0.05, 0.1) is 7.11 Å². The summed E-state index contributed by atoms with van der Waals surface area (Å²) < 4.78 is 4.84. The number of benzene rings is 1. The normalized spacial score (nSPS) is 9.46. The van der Waals surface area contributed by atoms with E-state index in [9.17, 15) is 4.91 Å². The van der Waals surface area contributed by atoms with Crippen LogP contribution < -0.4 is 10.2 Å². The SMILES string of the molecule is COc1ccc(N=O)cc1B(O)O. The second kappa shape index (κ2) is 4.02. The summed E-state index contributed by atoms with van der Waals surface area (Å²) in [5.74, 6) is 0.308. The largest absolute Gasteiger partial charge is 0.497 e. The third-order valence-corrected chi connectivity index (χ3v) is 1.60. The molecule has 68 valence electrons. The standard InChI is InChI=1S/C7H8BNO4/c1-13-7-3-2-5(9-12)4-6(7)8(10)11/h2-4,10-11H,1H3. The van der Waals surface area contributed by atoms with Crippen LogP contribution in [0.1, 0.15) is 0 Å². The number of nitroso groups, excluding NO2 is 1. The Morgan fingerprint density at radius 2 is 2.15 bits per heavy atom. The molecule has 2 N–H and O–H groups in total. The van der Waals surface area contributed by atoms with E-state index < -0.39 is 7.12 Å². The number of ether oxygens (including phenoxy) is 1. The van der Waals surface area contributed by atoms with Crippen molar-refractivity contribution in [3.63, 3.8) is 0 Å². The molecule has 0 heterocycles. The first kappa shape index (κ1) is 9.69. The lowest BCUT2D eigenvalue weighted by molar-refractivity contribution is 0.403. The van der Waals surface area contributed by atoms with Crippen LogP contribution in [0.15, 0.2) is 23.4 Å². The van der Waals surface area contributed by atoms with Crippen molar-refractivity contribution in [2.45, 2.75) is 0 Å². The first-order valence-corrected chi connectivity index (χ1v) is 3.56. The Bertz CT molecular complexity index is 315. The molecule has 0 aliphatic rings. The summed E-state index contributed by atoms with van der Waals surface area (Å²) in [5.41, 5.74) is 0.253. The molecule has 0 bridgehead atoms. The van der Waals surface area contributed by atoms with Crippen molar-refractivity contribution in [3.8, 4) is 5.75 Å². The van der Waals surface area contributed by atoms with Gasteiger partial charge in [0.25, 0.3) is 0 Å². The summed E-state index contributed by atoms with van der Waals surface area (Å²) in [6.07, 6.45) is 0. The van der Waals surface area contributed by atoms with Crippen molar-refractivity contribution < 1.29 is 14.8 Å². The second-order valence-electron chi connectivity index (χ2n) is 2.39. The Morgan fingerprint density at radius 3 is 2.62 bits per heavy atom. The van der Waals surface area contributed by atoms with Gasteiger partial charge in [-0.2, -0.15) is 0 Å². The molecule has 0 aliphatic carbocycles. The zero-order valence-corrected chi connectivity index (χ0v) is 6.97. The first-order valence-electron chi connectivity index (χ1n) is 3.56. The Hall–Kier alpha value is -1.40. The summed E-state index contributed by atoms with van der Waals surface area (Å²) in [5, 5.41) is 20.4. The zero-order valence-electron chi connectivity index (χ0n) is 6.97. The summed E-state index contributed by atoms with van der Waals surface area (Å²) in [6.45, 7) is 0. The van der Waals surface area contributed by atoms with Gasteiger partial charge in [-0.25, -0.2) is 0 Å². The van der Waals surface area contributed by atoms with Gasteiger partial charge in [0.2, 0.25) is 0 Å². The van der Waals surface area contributed by atoms with Gasteiger partial charge in [-0.1, -0.05) is 0 Å². The van der Waals surface area contributed by atoms with E-state index in [-0.39, 0.29) is 11.2 Å². The van der Waals surface area contributed by atoms with Gasteiger partial charge in [-0.3, -0.25) is 0 Å². The molecule has 6 heteroatoms. The molecule has 1 aromatic rings. The molecule has 0 radical (unpaired) electrons. The number of nitrogens with zero attached hydrogens (tertiary/aromatic N) is 1. The fourth-order valence-electron chi connectivity index (χ4n) is 0.980. The molecule has 1 aromatic carbocycles. The Kier molecular flexibility index (Phi) is 3.00. The molecule has 1 rings (SSSR count). The van der Waals surface area contributed by atoms with Gasteiger partial charge in [-0.15, -0.1) is 4.91 Å². The van der Waals surface area contributed by atoms with Crippen LogP contribution in [0, 0.1) is 4.91 Å². The summed E-state index contributed by atoms with van der Waals surface area (Å²) in [6, 6.07) is 4.14. The van der Waals surface area contributed by atoms with Gasteiger partial charge in [0.15, 0.2) is 0 Å². The Labute approximate surface area is 75.1 Å². The van der Waals surface area contributed by atoms with E-state index >= 15 is 0 Å². The van der Waals surface area contributed by atoms with Crippen LogP contribution in [0.2, 0.25) is 0 Å². The highest BCUT2D eigenvalue weighted by molar-refractivity contribution is 6.59. The van der Waals surface area contributed by atoms with Crippen molar-refractivity contribution in [1.29, 1.82) is 0 Å². The highest BCUT2D eigenvalue weighted by atomic mass is 16.5. The van der Waals surface area contributed by atoms with Crippen molar-refractivity contribution >= 4 is 18.3 Å². The molecule has 13 heavy (non-hydrogen) atoms. The quantitative estimate of drug-likeness (QED) is 0.498. The molecule has 0 amide bonds. The highest BCUT2D eigenvalue weighted by Gasteiger charge is 2.17. The Morgan fingerprint density at radius 1 is 1.46 bits per heavy atom. The van der Waals surface area contributed by atoms with E-state index in [1.54, 1.807) is 0 Å². The third kappa shape index (κ3) is 2.04. The van der Waals surface area contributed by atoms with Crippen LogP contribution in [0.3, 0.4) is 0 Å². The molecule has 0 spiro atoms. The van der Waals surface area contributed by atoms with E-state index in [4.69, 9.17) is 14.8 Å². The van der Waals surface area contributed by atoms with E-state index in [0.717, 1.165) is 0 Å². The minimum absolute atomic E-state index is 0.125. The number of methoxy groups -OCH3 is 1. The van der Waals surface area contributed by atoms with Gasteiger partial charge in [0, 0.05) is 5.46 Å². The third-order valence-electron chi connectivity index (χ3n) is 1.60. The van der Waals surface area contributed by atoms with Crippen molar-refractivity contribution in [3.05, 3.63) is 23.1 Å². The van der Waals surface area contributed by atoms with Crippen LogP contribution >= 0.6 is 0 Å². The van der Waals surface area contributed by atoms with E-state index in [1.807, 2.05) is 0 Å². The minimum Gasteiger partial charge on any atom is -0.497 e. The predicted octanol–water partition coefficient (Wildman–Crippen LogP) is -0.227. The molecule has 0 aliphatic heterocycles. The molecule has 0 aromatic heterocycles. The molecule has 0 unspecified atom stereocenters. The van der Waals surface area contributed by atoms with Gasteiger partial charge in [0.1, 0.15) is 11.4 Å². The summed E-state index contributed by atoms with van der Waals surface area (Å²) in [4.78, 5) is 10.1. The molecule has 0 saturated carbocycles. The Balaban J connectivity index is 3.17. The summed E-state index contributed by atoms with van der Waals surface area (Å²) >= 11 is 0. The van der Waals surface area contributed by atoms with Crippen LogP contribution in [0.25, 0.3) is 0 Å². The van der Waals surface area contributed by atoms with Crippen LogP contribution in [-0.2, 0) is 0 Å². The fraction of sp³-hybridized carbons (Fsp3) is 0.143. The number of rotatable bonds is 3. The fourth-order valence-corrected chi connectivity index (χ4v) is 0.980. The van der Waals surface area contributed by atoms with Gasteiger partial charge < -0.3 is 14.8 Å². The molecule has 0 atom stereocenters. The van der Waals surface area contributed by atoms with Crippen LogP contribution in [0.5, 0.6) is 5.75 Å². The average molecular weight is 181 g/mol. The molecule has 0 saturated heterocycles. The maximum Gasteiger partial charge on any atom is 0.492 e. The number of hydrogen-bond donors (Lipinski definition) is 2. The van der Waals surface area contributed by atoms with E-state index in [0.29, 0.717) is 5.75 Å². The van der Waals surface area contributed by atoms with Gasteiger partial charge in [-0.05, 0) is 23.4 Å². The topological polar surface area (TPSA) is 79.1 Å². The first-order chi connectivity index (χ1) is 6.19. The smallest absolute Gasteiger partial charge is 0.492 e. The zero-order chi connectivity index (χ0) is 9.84. The maximum atomic E-state index is 10.1. The van der Waals surface area contributed by atoms with Crippen LogP contribution in [-0.4, -0.2) is 24.3 Å². The monoisotopic (exact) mass is 181 g/mol. The molecular weight excluding hydrogens is 173 g/mol. The predicted molar refractivity (Wildman–Crippen MR) is 48.3 cm³/mol. The lowest BCUT2D eigenvalue weighted by Gasteiger charge is -2.06. The second-order valence-corrected chi connectivity index (χ2v) is 2.39. The van der Waals surface area contributed by atoms with Crippen molar-refractivity contribution in [1.82, 2.24) is 0 Å². The summed E-state index contributed by atoms with van der Waals surface area (Å²) in [7, 11) is -0.272. The molecule has 5 nitrogen and oxygen atoms in total. The lowest BCUT2D eigenvalue weighted by Crippen LogP contribution is -2.30. The number of hydrogen-bond acceptors (Lipinski definition) is 5. The minimum atomic E-state index is -1.67. The maximum absolute atomic E-state index is 10.1. The van der Waals surface area contributed by atoms with E-state index in [2.05, 4.69) is 5.18 Å². The molecule has 0 fully saturated rings. The van der Waals surface area contributed by atoms with Crippen molar-refractivity contribution in [2.75, 3.05) is 7.11 Å². The van der Waals surface area contributed by atoms with Crippen LogP contribution in [0.4, 0.5) is 5.69 Å².